The minimum atomic E-state index is -4.77. The highest BCUT2D eigenvalue weighted by molar-refractivity contribution is 6.39. The van der Waals surface area contributed by atoms with Crippen molar-refractivity contribution in [3.8, 4) is 28.5 Å². The molecule has 4 N–H and O–H groups in total. The molecule has 0 saturated carbocycles. The number of ether oxygens (including phenoxy) is 1. The Morgan fingerprint density at radius 1 is 0.565 bits per heavy atom. The highest BCUT2D eigenvalue weighted by Gasteiger charge is 2.31. The molecule has 3 aromatic heterocycles. The zero-order chi connectivity index (χ0) is 48.9. The SMILES string of the molecule is CCc1ccc(/C=N/Nc2nc(Nc3ccc(Cl)cc3)nc(-c3c(F)cccc3Cl)n2)cc1.FC(F)(F)Oc1ccc(/C=N\Nc2nc(Nc3ccc(Cl)nc3)nc(-c3c(Cl)cccc3Cl)n2)cc1. The van der Waals surface area contributed by atoms with Crippen LogP contribution in [-0.2, 0) is 6.42 Å². The summed E-state index contributed by atoms with van der Waals surface area (Å²) >= 11 is 30.7. The van der Waals surface area contributed by atoms with Gasteiger partial charge in [0.2, 0.25) is 23.8 Å². The fourth-order valence-electron chi connectivity index (χ4n) is 5.78. The van der Waals surface area contributed by atoms with Crippen LogP contribution in [-0.4, -0.2) is 53.7 Å². The Hall–Kier alpha value is -7.22. The Balaban J connectivity index is 0.000000205. The van der Waals surface area contributed by atoms with Crippen LogP contribution in [0.2, 0.25) is 25.2 Å². The van der Waals surface area contributed by atoms with Gasteiger partial charge in [0.1, 0.15) is 16.7 Å². The second kappa shape index (κ2) is 23.2. The Bertz CT molecular complexity index is 3040. The lowest BCUT2D eigenvalue weighted by atomic mass is 10.1. The van der Waals surface area contributed by atoms with Crippen LogP contribution in [0.1, 0.15) is 23.6 Å². The van der Waals surface area contributed by atoms with Crippen molar-refractivity contribution in [1.29, 1.82) is 0 Å². The molecule has 14 nitrogen and oxygen atoms in total. The van der Waals surface area contributed by atoms with E-state index in [0.29, 0.717) is 42.7 Å². The maximum atomic E-state index is 14.5. The summed E-state index contributed by atoms with van der Waals surface area (Å²) in [7, 11) is 0. The van der Waals surface area contributed by atoms with Crippen molar-refractivity contribution in [2.75, 3.05) is 21.5 Å². The number of nitrogens with zero attached hydrogens (tertiary/aromatic N) is 9. The largest absolute Gasteiger partial charge is 0.573 e. The summed E-state index contributed by atoms with van der Waals surface area (Å²) < 4.78 is 55.3. The van der Waals surface area contributed by atoms with Crippen molar-refractivity contribution in [3.05, 3.63) is 175 Å². The van der Waals surface area contributed by atoms with Gasteiger partial charge in [-0.2, -0.15) is 40.1 Å². The first-order chi connectivity index (χ1) is 33.2. The smallest absolute Gasteiger partial charge is 0.406 e. The van der Waals surface area contributed by atoms with E-state index in [0.717, 1.165) is 24.1 Å². The minimum Gasteiger partial charge on any atom is -0.406 e. The number of rotatable bonds is 14. The fraction of sp³-hybridized carbons (Fsp3) is 0.0652. The molecule has 0 unspecified atom stereocenters. The van der Waals surface area contributed by atoms with Crippen LogP contribution < -0.4 is 26.2 Å². The molecule has 0 aliphatic carbocycles. The first kappa shape index (κ1) is 49.7. The van der Waals surface area contributed by atoms with E-state index in [1.165, 1.54) is 42.2 Å². The second-order valence-corrected chi connectivity index (χ2v) is 15.9. The van der Waals surface area contributed by atoms with Gasteiger partial charge in [-0.3, -0.25) is 0 Å². The maximum absolute atomic E-state index is 14.5. The molecule has 0 aliphatic heterocycles. The Morgan fingerprint density at radius 2 is 1.06 bits per heavy atom. The van der Waals surface area contributed by atoms with Crippen LogP contribution in [0, 0.1) is 5.82 Å². The summed E-state index contributed by atoms with van der Waals surface area (Å²) in [6.45, 7) is 2.10. The van der Waals surface area contributed by atoms with Gasteiger partial charge >= 0.3 is 6.36 Å². The first-order valence-corrected chi connectivity index (χ1v) is 21.9. The number of pyridine rings is 1. The van der Waals surface area contributed by atoms with Crippen LogP contribution in [0.5, 0.6) is 5.75 Å². The van der Waals surface area contributed by atoms with Gasteiger partial charge in [0.15, 0.2) is 11.6 Å². The Morgan fingerprint density at radius 3 is 1.58 bits per heavy atom. The molecule has 0 atom stereocenters. The van der Waals surface area contributed by atoms with Gasteiger partial charge in [-0.1, -0.05) is 101 Å². The van der Waals surface area contributed by atoms with Crippen molar-refractivity contribution in [1.82, 2.24) is 34.9 Å². The number of aromatic nitrogens is 7. The molecule has 0 bridgehead atoms. The molecule has 0 aliphatic rings. The first-order valence-electron chi connectivity index (χ1n) is 20.0. The number of aryl methyl sites for hydroxylation is 1. The van der Waals surface area contributed by atoms with Crippen molar-refractivity contribution in [2.45, 2.75) is 19.7 Å². The zero-order valence-electron chi connectivity index (χ0n) is 35.3. The highest BCUT2D eigenvalue weighted by Crippen LogP contribution is 2.34. The number of halogens is 9. The summed E-state index contributed by atoms with van der Waals surface area (Å²) in [6.07, 6.45) is 0.688. The van der Waals surface area contributed by atoms with Crippen molar-refractivity contribution in [3.63, 3.8) is 0 Å². The number of hydrogen-bond donors (Lipinski definition) is 4. The Labute approximate surface area is 415 Å². The molecule has 3 heterocycles. The molecule has 0 spiro atoms. The van der Waals surface area contributed by atoms with E-state index < -0.39 is 12.2 Å². The summed E-state index contributed by atoms with van der Waals surface area (Å²) in [5.41, 5.74) is 9.79. The van der Waals surface area contributed by atoms with Crippen molar-refractivity contribution >= 4 is 106 Å². The van der Waals surface area contributed by atoms with E-state index >= 15 is 0 Å². The lowest BCUT2D eigenvalue weighted by Gasteiger charge is -2.10. The monoisotopic (exact) mass is 1030 g/mol. The minimum absolute atomic E-state index is 0.0358. The van der Waals surface area contributed by atoms with Crippen LogP contribution in [0.15, 0.2) is 138 Å². The molecule has 0 radical (unpaired) electrons. The lowest BCUT2D eigenvalue weighted by Crippen LogP contribution is -2.17. The third kappa shape index (κ3) is 14.6. The molecule has 350 valence electrons. The van der Waals surface area contributed by atoms with Gasteiger partial charge in [-0.05, 0) is 108 Å². The molecular weight excluding hydrogens is 1000 g/mol. The standard InChI is InChI=1S/C24H19Cl2FN6.C22H13Cl3F3N7O/c1-2-15-6-8-16(9-7-15)14-28-33-24-31-22(21-19(26)4-3-5-20(21)27)30-23(32-24)29-18-12-10-17(25)11-13-18;23-15-2-1-3-16(24)18(15)19-32-20(31-13-6-9-17(25)29-11-13)34-21(33-19)35-30-10-12-4-7-14(8-5-12)36-22(26,27)28/h3-14H,2H2,1H3,(H2,29,30,31,32,33);1-11H,(H2,31,32,33,34,35)/b28-14+;30-10-. The van der Waals surface area contributed by atoms with E-state index in [1.807, 2.05) is 24.3 Å². The fourth-order valence-corrected chi connectivity index (χ4v) is 6.83. The van der Waals surface area contributed by atoms with E-state index in [4.69, 9.17) is 58.0 Å². The Kier molecular flexibility index (Phi) is 16.7. The molecule has 8 rings (SSSR count). The lowest BCUT2D eigenvalue weighted by molar-refractivity contribution is -0.274. The van der Waals surface area contributed by atoms with Gasteiger partial charge in [0.25, 0.3) is 0 Å². The zero-order valence-corrected chi connectivity index (χ0v) is 39.1. The number of anilines is 6. The quantitative estimate of drug-likeness (QED) is 0.0352. The number of nitrogens with one attached hydrogen (secondary N) is 4. The molecule has 23 heteroatoms. The average Bonchev–Trinajstić information content (AvgIpc) is 3.31. The highest BCUT2D eigenvalue weighted by atomic mass is 35.5. The second-order valence-electron chi connectivity index (χ2n) is 13.9. The summed E-state index contributed by atoms with van der Waals surface area (Å²) in [5.74, 6) is -0.190. The van der Waals surface area contributed by atoms with Gasteiger partial charge in [0, 0.05) is 10.7 Å². The van der Waals surface area contributed by atoms with Gasteiger partial charge < -0.3 is 15.4 Å². The maximum Gasteiger partial charge on any atom is 0.573 e. The summed E-state index contributed by atoms with van der Waals surface area (Å²) in [5, 5.41) is 16.0. The summed E-state index contributed by atoms with van der Waals surface area (Å²) in [4.78, 5) is 30.0. The van der Waals surface area contributed by atoms with Gasteiger partial charge in [-0.15, -0.1) is 13.2 Å². The van der Waals surface area contributed by atoms with Gasteiger partial charge in [0.05, 0.1) is 50.5 Å². The molecule has 0 amide bonds. The molecular formula is C46H32Cl5F4N13O. The van der Waals surface area contributed by atoms with E-state index in [-0.39, 0.29) is 51.8 Å². The number of hydrogen-bond acceptors (Lipinski definition) is 14. The van der Waals surface area contributed by atoms with E-state index in [9.17, 15) is 17.6 Å². The van der Waals surface area contributed by atoms with Crippen LogP contribution in [0.3, 0.4) is 0 Å². The molecule has 0 fully saturated rings. The van der Waals surface area contributed by atoms with E-state index in [2.05, 4.69) is 78.2 Å². The predicted octanol–water partition coefficient (Wildman–Crippen LogP) is 13.7. The average molecular weight is 1040 g/mol. The molecule has 8 aromatic rings. The van der Waals surface area contributed by atoms with E-state index in [1.54, 1.807) is 66.9 Å². The third-order valence-corrected chi connectivity index (χ3v) is 10.4. The normalized spacial score (nSPS) is 11.3. The van der Waals surface area contributed by atoms with Crippen molar-refractivity contribution < 1.29 is 22.3 Å². The van der Waals surface area contributed by atoms with Crippen LogP contribution >= 0.6 is 58.0 Å². The molecule has 0 saturated heterocycles. The molecule has 5 aromatic carbocycles. The van der Waals surface area contributed by atoms with Crippen LogP contribution in [0.25, 0.3) is 22.8 Å². The molecule has 69 heavy (non-hydrogen) atoms. The van der Waals surface area contributed by atoms with Crippen molar-refractivity contribution in [2.24, 2.45) is 10.2 Å². The third-order valence-electron chi connectivity index (χ3n) is 8.99. The van der Waals surface area contributed by atoms with Crippen LogP contribution in [0.4, 0.5) is 52.7 Å². The topological polar surface area (TPSA) is 172 Å². The predicted molar refractivity (Wildman–Crippen MR) is 264 cm³/mol. The van der Waals surface area contributed by atoms with Gasteiger partial charge in [-0.25, -0.2) is 20.2 Å². The number of hydrazone groups is 2. The number of benzene rings is 5. The number of alkyl halides is 3. The summed E-state index contributed by atoms with van der Waals surface area (Å²) in [6, 6.07) is 32.7.